The summed E-state index contributed by atoms with van der Waals surface area (Å²) >= 11 is 0. The van der Waals surface area contributed by atoms with Gasteiger partial charge in [-0.25, -0.2) is 9.98 Å². The largest absolute Gasteiger partial charge is 0.474 e. The molecule has 1 aromatic heterocycles. The molecule has 152 valence electrons. The smallest absolute Gasteiger partial charge is 0.213 e. The number of ether oxygens (including phenoxy) is 2. The molecule has 1 heterocycles. The molecule has 0 amide bonds. The van der Waals surface area contributed by atoms with E-state index < -0.39 is 0 Å². The first-order chi connectivity index (χ1) is 13.2. The molecule has 0 atom stereocenters. The SMILES string of the molecule is COCc1ccccc1NC(N)=NCc1ccnc(OC2CCCCC2)c1.I. The fourth-order valence-electron chi connectivity index (χ4n) is 3.24. The quantitative estimate of drug-likeness (QED) is 0.336. The Bertz CT molecular complexity index is 764. The van der Waals surface area contributed by atoms with E-state index in [9.17, 15) is 0 Å². The minimum atomic E-state index is 0. The number of pyridine rings is 1. The third-order valence-corrected chi connectivity index (χ3v) is 4.65. The average Bonchev–Trinajstić information content (AvgIpc) is 2.69. The predicted octanol–water partition coefficient (Wildman–Crippen LogP) is 4.48. The van der Waals surface area contributed by atoms with Crippen LogP contribution in [0.3, 0.4) is 0 Å². The van der Waals surface area contributed by atoms with Crippen molar-refractivity contribution >= 4 is 35.6 Å². The van der Waals surface area contributed by atoms with Crippen molar-refractivity contribution in [2.24, 2.45) is 10.7 Å². The lowest BCUT2D eigenvalue weighted by Crippen LogP contribution is -2.23. The van der Waals surface area contributed by atoms with Crippen LogP contribution in [0.1, 0.15) is 43.2 Å². The lowest BCUT2D eigenvalue weighted by molar-refractivity contribution is 0.148. The van der Waals surface area contributed by atoms with Gasteiger partial charge in [0, 0.05) is 30.6 Å². The number of aliphatic imine (C=N–C) groups is 1. The van der Waals surface area contributed by atoms with Gasteiger partial charge >= 0.3 is 0 Å². The zero-order chi connectivity index (χ0) is 18.9. The van der Waals surface area contributed by atoms with Gasteiger partial charge in [-0.2, -0.15) is 0 Å². The summed E-state index contributed by atoms with van der Waals surface area (Å²) in [6, 6.07) is 11.8. The Labute approximate surface area is 184 Å². The summed E-state index contributed by atoms with van der Waals surface area (Å²) < 4.78 is 11.2. The minimum Gasteiger partial charge on any atom is -0.474 e. The van der Waals surface area contributed by atoms with Crippen molar-refractivity contribution in [1.29, 1.82) is 0 Å². The summed E-state index contributed by atoms with van der Waals surface area (Å²) in [6.45, 7) is 0.984. The number of rotatable bonds is 7. The maximum absolute atomic E-state index is 6.06. The highest BCUT2D eigenvalue weighted by atomic mass is 127. The maximum atomic E-state index is 6.06. The molecule has 2 aromatic rings. The number of nitrogens with zero attached hydrogens (tertiary/aromatic N) is 2. The van der Waals surface area contributed by atoms with E-state index in [1.807, 2.05) is 36.4 Å². The van der Waals surface area contributed by atoms with Gasteiger partial charge < -0.3 is 20.5 Å². The van der Waals surface area contributed by atoms with Crippen LogP contribution in [0.2, 0.25) is 0 Å². The van der Waals surface area contributed by atoms with Crippen LogP contribution in [0.4, 0.5) is 5.69 Å². The van der Waals surface area contributed by atoms with Crippen LogP contribution in [-0.4, -0.2) is 24.2 Å². The number of benzene rings is 1. The van der Waals surface area contributed by atoms with Gasteiger partial charge in [0.1, 0.15) is 6.10 Å². The van der Waals surface area contributed by atoms with Crippen molar-refractivity contribution in [3.8, 4) is 5.88 Å². The molecule has 0 saturated heterocycles. The fourth-order valence-corrected chi connectivity index (χ4v) is 3.24. The molecule has 1 aromatic carbocycles. The normalized spacial score (nSPS) is 15.0. The third kappa shape index (κ3) is 6.94. The van der Waals surface area contributed by atoms with Gasteiger partial charge in [0.2, 0.25) is 5.88 Å². The molecular formula is C21H29IN4O2. The molecule has 28 heavy (non-hydrogen) atoms. The summed E-state index contributed by atoms with van der Waals surface area (Å²) in [4.78, 5) is 8.77. The summed E-state index contributed by atoms with van der Waals surface area (Å²) in [6.07, 6.45) is 8.06. The molecule has 0 spiro atoms. The van der Waals surface area contributed by atoms with Crippen LogP contribution in [0.15, 0.2) is 47.6 Å². The Morgan fingerprint density at radius 2 is 2.00 bits per heavy atom. The Balaban J connectivity index is 0.00000280. The van der Waals surface area contributed by atoms with Gasteiger partial charge in [-0.15, -0.1) is 24.0 Å². The van der Waals surface area contributed by atoms with Crippen molar-refractivity contribution in [2.45, 2.75) is 51.4 Å². The maximum Gasteiger partial charge on any atom is 0.213 e. The number of methoxy groups -OCH3 is 1. The van der Waals surface area contributed by atoms with E-state index in [2.05, 4.69) is 15.3 Å². The highest BCUT2D eigenvalue weighted by Crippen LogP contribution is 2.22. The van der Waals surface area contributed by atoms with Crippen LogP contribution in [0, 0.1) is 0 Å². The van der Waals surface area contributed by atoms with Crippen molar-refractivity contribution in [2.75, 3.05) is 12.4 Å². The number of hydrogen-bond acceptors (Lipinski definition) is 4. The molecule has 1 aliphatic carbocycles. The van der Waals surface area contributed by atoms with Crippen molar-refractivity contribution in [3.63, 3.8) is 0 Å². The van der Waals surface area contributed by atoms with E-state index >= 15 is 0 Å². The van der Waals surface area contributed by atoms with Crippen LogP contribution >= 0.6 is 24.0 Å². The molecule has 6 nitrogen and oxygen atoms in total. The van der Waals surface area contributed by atoms with E-state index in [1.165, 1.54) is 19.3 Å². The lowest BCUT2D eigenvalue weighted by Gasteiger charge is -2.22. The number of para-hydroxylation sites is 1. The zero-order valence-corrected chi connectivity index (χ0v) is 18.6. The molecule has 1 fully saturated rings. The van der Waals surface area contributed by atoms with Crippen molar-refractivity contribution in [1.82, 2.24) is 4.98 Å². The Morgan fingerprint density at radius 3 is 2.79 bits per heavy atom. The first kappa shape index (κ1) is 22.4. The van der Waals surface area contributed by atoms with Crippen LogP contribution < -0.4 is 15.8 Å². The molecule has 3 N–H and O–H groups in total. The number of aromatic nitrogens is 1. The third-order valence-electron chi connectivity index (χ3n) is 4.65. The number of nitrogens with one attached hydrogen (secondary N) is 1. The van der Waals surface area contributed by atoms with E-state index in [0.717, 1.165) is 29.7 Å². The highest BCUT2D eigenvalue weighted by Gasteiger charge is 2.15. The first-order valence-corrected chi connectivity index (χ1v) is 9.50. The molecule has 0 radical (unpaired) electrons. The van der Waals surface area contributed by atoms with Gasteiger partial charge in [0.25, 0.3) is 0 Å². The van der Waals surface area contributed by atoms with Crippen LogP contribution in [0.25, 0.3) is 0 Å². The van der Waals surface area contributed by atoms with Gasteiger partial charge in [-0.1, -0.05) is 24.6 Å². The fraction of sp³-hybridized carbons (Fsp3) is 0.429. The van der Waals surface area contributed by atoms with Crippen molar-refractivity contribution in [3.05, 3.63) is 53.7 Å². The van der Waals surface area contributed by atoms with Gasteiger partial charge in [0.05, 0.1) is 13.2 Å². The predicted molar refractivity (Wildman–Crippen MR) is 123 cm³/mol. The van der Waals surface area contributed by atoms with Crippen LogP contribution in [-0.2, 0) is 17.9 Å². The average molecular weight is 496 g/mol. The monoisotopic (exact) mass is 496 g/mol. The topological polar surface area (TPSA) is 81.8 Å². The standard InChI is InChI=1S/C21H28N4O2.HI/c1-26-15-17-7-5-6-10-19(17)25-21(22)24-14-16-11-12-23-20(13-16)27-18-8-3-2-4-9-18;/h5-7,10-13,18H,2-4,8-9,14-15H2,1H3,(H3,22,24,25);1H. The van der Waals surface area contributed by atoms with Gasteiger partial charge in [-0.3, -0.25) is 0 Å². The Kier molecular flexibility index (Phi) is 9.49. The molecule has 3 rings (SSSR count). The molecule has 7 heteroatoms. The van der Waals surface area contributed by atoms with Crippen LogP contribution in [0.5, 0.6) is 5.88 Å². The van der Waals surface area contributed by atoms with E-state index in [4.69, 9.17) is 15.2 Å². The number of guanidine groups is 1. The van der Waals surface area contributed by atoms with Crippen molar-refractivity contribution < 1.29 is 9.47 Å². The Morgan fingerprint density at radius 1 is 1.21 bits per heavy atom. The summed E-state index contributed by atoms with van der Waals surface area (Å²) in [7, 11) is 1.67. The zero-order valence-electron chi connectivity index (χ0n) is 16.3. The molecule has 0 unspecified atom stereocenters. The number of halogens is 1. The molecule has 1 saturated carbocycles. The second kappa shape index (κ2) is 11.9. The first-order valence-electron chi connectivity index (χ1n) is 9.50. The van der Waals surface area contributed by atoms with E-state index in [0.29, 0.717) is 25.0 Å². The van der Waals surface area contributed by atoms with E-state index in [-0.39, 0.29) is 30.1 Å². The summed E-state index contributed by atoms with van der Waals surface area (Å²) in [5.74, 6) is 1.04. The molecular weight excluding hydrogens is 467 g/mol. The van der Waals surface area contributed by atoms with Gasteiger partial charge in [-0.05, 0) is 43.4 Å². The molecule has 0 bridgehead atoms. The molecule has 1 aliphatic rings. The summed E-state index contributed by atoms with van der Waals surface area (Å²) in [5.41, 5.74) is 9.01. The second-order valence-electron chi connectivity index (χ2n) is 6.80. The number of anilines is 1. The molecule has 0 aliphatic heterocycles. The highest BCUT2D eigenvalue weighted by molar-refractivity contribution is 14.0. The lowest BCUT2D eigenvalue weighted by atomic mass is 9.98. The number of hydrogen-bond donors (Lipinski definition) is 2. The minimum absolute atomic E-state index is 0. The van der Waals surface area contributed by atoms with Gasteiger partial charge in [0.15, 0.2) is 5.96 Å². The Hall–Kier alpha value is -1.87. The second-order valence-corrected chi connectivity index (χ2v) is 6.80. The number of nitrogens with two attached hydrogens (primary N) is 1. The van der Waals surface area contributed by atoms with E-state index in [1.54, 1.807) is 13.3 Å². The summed E-state index contributed by atoms with van der Waals surface area (Å²) in [5, 5.41) is 3.15.